The maximum absolute atomic E-state index is 13.2. The number of piperidine rings is 1. The summed E-state index contributed by atoms with van der Waals surface area (Å²) in [7, 11) is -1.96. The quantitative estimate of drug-likeness (QED) is 0.594. The van der Waals surface area contributed by atoms with Crippen molar-refractivity contribution in [2.75, 3.05) is 20.2 Å². The number of hydrogen-bond donors (Lipinski definition) is 0. The third-order valence-corrected chi connectivity index (χ3v) is 8.20. The zero-order chi connectivity index (χ0) is 20.3. The molecule has 0 amide bonds. The Morgan fingerprint density at radius 2 is 1.86 bits per heavy atom. The smallest absolute Gasteiger partial charge is 0.243 e. The van der Waals surface area contributed by atoms with Crippen molar-refractivity contribution in [3.63, 3.8) is 0 Å². The highest BCUT2D eigenvalue weighted by Gasteiger charge is 2.32. The molecule has 0 atom stereocenters. The van der Waals surface area contributed by atoms with E-state index < -0.39 is 10.0 Å². The minimum atomic E-state index is -3.53. The van der Waals surface area contributed by atoms with E-state index in [2.05, 4.69) is 10.4 Å². The molecule has 1 aliphatic heterocycles. The number of benzene rings is 1. The molecule has 0 unspecified atom stereocenters. The first kappa shape index (κ1) is 20.2. The maximum atomic E-state index is 13.2. The average Bonchev–Trinajstić information content (AvgIpc) is 3.25. The summed E-state index contributed by atoms with van der Waals surface area (Å²) in [6.45, 7) is 1.28. The van der Waals surface area contributed by atoms with E-state index in [1.54, 1.807) is 53.3 Å². The molecule has 1 saturated heterocycles. The van der Waals surface area contributed by atoms with Gasteiger partial charge in [-0.05, 0) is 36.6 Å². The standard InChI is InChI=1S/C21H23N3O3S2/c1-27-14-18-4-2-3-5-20(18)29(25,26)24-12-8-17(9-13-24)21-23-19(15-28-21)16-6-10-22-11-7-16/h2-7,10-11,15,17H,8-9,12-14H2,1H3. The van der Waals surface area contributed by atoms with Gasteiger partial charge in [-0.25, -0.2) is 13.4 Å². The van der Waals surface area contributed by atoms with Crippen LogP contribution in [0.2, 0.25) is 0 Å². The molecule has 0 spiro atoms. The van der Waals surface area contributed by atoms with Crippen LogP contribution < -0.4 is 0 Å². The molecular formula is C21H23N3O3S2. The van der Waals surface area contributed by atoms with E-state index in [4.69, 9.17) is 9.72 Å². The second-order valence-corrected chi connectivity index (χ2v) is 9.82. The van der Waals surface area contributed by atoms with Crippen molar-refractivity contribution < 1.29 is 13.2 Å². The van der Waals surface area contributed by atoms with Crippen LogP contribution in [0.15, 0.2) is 59.1 Å². The first-order valence-corrected chi connectivity index (χ1v) is 11.8. The molecule has 6 nitrogen and oxygen atoms in total. The summed E-state index contributed by atoms with van der Waals surface area (Å²) in [5, 5.41) is 3.14. The lowest BCUT2D eigenvalue weighted by atomic mass is 9.99. The summed E-state index contributed by atoms with van der Waals surface area (Å²) in [6.07, 6.45) is 5.07. The highest BCUT2D eigenvalue weighted by atomic mass is 32.2. The van der Waals surface area contributed by atoms with Gasteiger partial charge in [-0.15, -0.1) is 11.3 Å². The average molecular weight is 430 g/mol. The van der Waals surface area contributed by atoms with E-state index in [9.17, 15) is 8.42 Å². The van der Waals surface area contributed by atoms with E-state index in [-0.39, 0.29) is 12.5 Å². The minimum Gasteiger partial charge on any atom is -0.380 e. The fraction of sp³-hybridized carbons (Fsp3) is 0.333. The predicted octanol–water partition coefficient (Wildman–Crippen LogP) is 3.92. The lowest BCUT2D eigenvalue weighted by Crippen LogP contribution is -2.38. The van der Waals surface area contributed by atoms with Gasteiger partial charge in [0.25, 0.3) is 0 Å². The van der Waals surface area contributed by atoms with Crippen molar-refractivity contribution >= 4 is 21.4 Å². The van der Waals surface area contributed by atoms with Gasteiger partial charge in [0.15, 0.2) is 0 Å². The predicted molar refractivity (Wildman–Crippen MR) is 113 cm³/mol. The van der Waals surface area contributed by atoms with Crippen molar-refractivity contribution in [2.45, 2.75) is 30.3 Å². The number of hydrogen-bond acceptors (Lipinski definition) is 6. The molecule has 152 valence electrons. The molecule has 1 fully saturated rings. The van der Waals surface area contributed by atoms with Crippen molar-refractivity contribution in [1.29, 1.82) is 0 Å². The van der Waals surface area contributed by atoms with Crippen LogP contribution in [-0.2, 0) is 21.4 Å². The molecule has 1 aliphatic rings. The summed E-state index contributed by atoms with van der Waals surface area (Å²) in [5.74, 6) is 0.288. The molecule has 0 aliphatic carbocycles. The normalized spacial score (nSPS) is 16.2. The Labute approximate surface area is 175 Å². The molecule has 0 radical (unpaired) electrons. The zero-order valence-corrected chi connectivity index (χ0v) is 17.8. The Morgan fingerprint density at radius 1 is 1.14 bits per heavy atom. The molecular weight excluding hydrogens is 406 g/mol. The number of pyridine rings is 1. The summed E-state index contributed by atoms with van der Waals surface area (Å²) in [5.41, 5.74) is 2.70. The molecule has 4 rings (SSSR count). The Hall–Kier alpha value is -2.13. The molecule has 0 N–H and O–H groups in total. The van der Waals surface area contributed by atoms with Gasteiger partial charge in [-0.3, -0.25) is 4.98 Å². The Balaban J connectivity index is 1.47. The van der Waals surface area contributed by atoms with Crippen molar-refractivity contribution in [1.82, 2.24) is 14.3 Å². The SMILES string of the molecule is COCc1ccccc1S(=O)(=O)N1CCC(c2nc(-c3ccncc3)cs2)CC1. The topological polar surface area (TPSA) is 72.4 Å². The van der Waals surface area contributed by atoms with Gasteiger partial charge < -0.3 is 4.74 Å². The van der Waals surface area contributed by atoms with Gasteiger partial charge in [-0.1, -0.05) is 18.2 Å². The number of ether oxygens (including phenoxy) is 1. The van der Waals surface area contributed by atoms with E-state index in [0.29, 0.717) is 23.5 Å². The van der Waals surface area contributed by atoms with Crippen molar-refractivity contribution in [3.05, 3.63) is 64.7 Å². The first-order chi connectivity index (χ1) is 14.1. The fourth-order valence-electron chi connectivity index (χ4n) is 3.64. The molecule has 29 heavy (non-hydrogen) atoms. The monoisotopic (exact) mass is 429 g/mol. The van der Waals surface area contributed by atoms with E-state index in [1.807, 2.05) is 18.2 Å². The zero-order valence-electron chi connectivity index (χ0n) is 16.2. The van der Waals surface area contributed by atoms with E-state index in [1.165, 1.54) is 0 Å². The highest BCUT2D eigenvalue weighted by Crippen LogP contribution is 2.34. The van der Waals surface area contributed by atoms with Crippen LogP contribution in [0.4, 0.5) is 0 Å². The summed E-state index contributed by atoms with van der Waals surface area (Å²) in [6, 6.07) is 11.0. The number of thiazole rings is 1. The van der Waals surface area contributed by atoms with Crippen LogP contribution >= 0.6 is 11.3 Å². The van der Waals surface area contributed by atoms with Gasteiger partial charge in [-0.2, -0.15) is 4.31 Å². The largest absolute Gasteiger partial charge is 0.380 e. The lowest BCUT2D eigenvalue weighted by Gasteiger charge is -2.30. The third-order valence-electron chi connectivity index (χ3n) is 5.19. The Bertz CT molecular complexity index is 1060. The van der Waals surface area contributed by atoms with Crippen LogP contribution in [0.3, 0.4) is 0 Å². The lowest BCUT2D eigenvalue weighted by molar-refractivity contribution is 0.182. The summed E-state index contributed by atoms with van der Waals surface area (Å²) < 4.78 is 33.1. The molecule has 0 bridgehead atoms. The summed E-state index contributed by atoms with van der Waals surface area (Å²) in [4.78, 5) is 9.18. The number of rotatable bonds is 6. The van der Waals surface area contributed by atoms with Gasteiger partial charge >= 0.3 is 0 Å². The molecule has 3 aromatic rings. The molecule has 8 heteroatoms. The second kappa shape index (κ2) is 8.71. The third kappa shape index (κ3) is 4.25. The van der Waals surface area contributed by atoms with Crippen LogP contribution in [0, 0.1) is 0 Å². The number of aromatic nitrogens is 2. The highest BCUT2D eigenvalue weighted by molar-refractivity contribution is 7.89. The molecule has 3 heterocycles. The van der Waals surface area contributed by atoms with Gasteiger partial charge in [0, 0.05) is 49.5 Å². The number of sulfonamides is 1. The number of methoxy groups -OCH3 is 1. The van der Waals surface area contributed by atoms with E-state index in [0.717, 1.165) is 29.1 Å². The van der Waals surface area contributed by atoms with Gasteiger partial charge in [0.05, 0.1) is 22.2 Å². The van der Waals surface area contributed by atoms with E-state index >= 15 is 0 Å². The van der Waals surface area contributed by atoms with Crippen molar-refractivity contribution in [3.8, 4) is 11.3 Å². The van der Waals surface area contributed by atoms with Crippen molar-refractivity contribution in [2.24, 2.45) is 0 Å². The molecule has 2 aromatic heterocycles. The Kier molecular flexibility index (Phi) is 6.05. The van der Waals surface area contributed by atoms with Gasteiger partial charge in [0.2, 0.25) is 10.0 Å². The fourth-order valence-corrected chi connectivity index (χ4v) is 6.32. The molecule has 0 saturated carbocycles. The maximum Gasteiger partial charge on any atom is 0.243 e. The van der Waals surface area contributed by atoms with Crippen LogP contribution in [0.25, 0.3) is 11.3 Å². The van der Waals surface area contributed by atoms with Crippen LogP contribution in [0.1, 0.15) is 29.3 Å². The second-order valence-electron chi connectivity index (χ2n) is 7.03. The minimum absolute atomic E-state index is 0.281. The number of nitrogens with zero attached hydrogens (tertiary/aromatic N) is 3. The van der Waals surface area contributed by atoms with Gasteiger partial charge in [0.1, 0.15) is 0 Å². The Morgan fingerprint density at radius 3 is 2.59 bits per heavy atom. The van der Waals surface area contributed by atoms with Crippen LogP contribution in [-0.4, -0.2) is 42.9 Å². The van der Waals surface area contributed by atoms with Crippen LogP contribution in [0.5, 0.6) is 0 Å². The summed E-state index contributed by atoms with van der Waals surface area (Å²) >= 11 is 1.65. The first-order valence-electron chi connectivity index (χ1n) is 9.52. The molecule has 1 aromatic carbocycles.